The van der Waals surface area contributed by atoms with E-state index < -0.39 is 10.0 Å². The van der Waals surface area contributed by atoms with Gasteiger partial charge in [0.1, 0.15) is 13.1 Å². The Labute approximate surface area is 214 Å². The molecule has 3 heterocycles. The molecule has 0 spiro atoms. The quantitative estimate of drug-likeness (QED) is 0.414. The summed E-state index contributed by atoms with van der Waals surface area (Å²) < 4.78 is 29.5. The number of nitrogens with one attached hydrogen (secondary N) is 1. The molecule has 36 heavy (non-hydrogen) atoms. The minimum atomic E-state index is -3.77. The van der Waals surface area contributed by atoms with Crippen molar-refractivity contribution in [1.82, 2.24) is 14.5 Å². The number of hydrogen-bond donors (Lipinski definition) is 1. The van der Waals surface area contributed by atoms with Crippen LogP contribution in [-0.4, -0.2) is 54.3 Å². The lowest BCUT2D eigenvalue weighted by Crippen LogP contribution is -2.53. The fourth-order valence-corrected chi connectivity index (χ4v) is 6.17. The number of rotatable bonds is 6. The number of benzene rings is 2. The van der Waals surface area contributed by atoms with Gasteiger partial charge in [-0.2, -0.15) is 0 Å². The predicted octanol–water partition coefficient (Wildman–Crippen LogP) is 3.64. The highest BCUT2D eigenvalue weighted by Gasteiger charge is 2.29. The summed E-state index contributed by atoms with van der Waals surface area (Å²) in [6.07, 6.45) is 1.52. The van der Waals surface area contributed by atoms with Gasteiger partial charge in [0.15, 0.2) is 5.13 Å². The van der Waals surface area contributed by atoms with Gasteiger partial charge in [0.05, 0.1) is 4.90 Å². The van der Waals surface area contributed by atoms with Gasteiger partial charge in [-0.15, -0.1) is 11.3 Å². The Morgan fingerprint density at radius 3 is 2.58 bits per heavy atom. The Hall–Kier alpha value is -3.70. The van der Waals surface area contributed by atoms with Crippen molar-refractivity contribution in [3.8, 4) is 0 Å². The summed E-state index contributed by atoms with van der Waals surface area (Å²) in [5.74, 6) is -0.324. The number of nitrogens with zero attached hydrogens (tertiary/aromatic N) is 4. The summed E-state index contributed by atoms with van der Waals surface area (Å²) in [7, 11) is -3.77. The van der Waals surface area contributed by atoms with E-state index in [9.17, 15) is 18.0 Å². The molecule has 11 heteroatoms. The van der Waals surface area contributed by atoms with Crippen LogP contribution in [0, 0.1) is 13.8 Å². The summed E-state index contributed by atoms with van der Waals surface area (Å²) in [5.41, 5.74) is 3.74. The molecule has 1 aliphatic rings. The van der Waals surface area contributed by atoms with Crippen molar-refractivity contribution < 1.29 is 19.4 Å². The van der Waals surface area contributed by atoms with Crippen LogP contribution in [0.15, 0.2) is 65.0 Å². The molecule has 2 amide bonds. The highest BCUT2D eigenvalue weighted by Crippen LogP contribution is 2.24. The van der Waals surface area contributed by atoms with Crippen molar-refractivity contribution in [2.75, 3.05) is 29.3 Å². The number of fused-ring (bicyclic) bond motifs is 1. The first kappa shape index (κ1) is 24.0. The van der Waals surface area contributed by atoms with Gasteiger partial charge in [0.25, 0.3) is 10.0 Å². The molecule has 9 nitrogen and oxygen atoms in total. The van der Waals surface area contributed by atoms with Gasteiger partial charge in [-0.1, -0.05) is 11.6 Å². The first-order valence-electron chi connectivity index (χ1n) is 11.4. The lowest BCUT2D eigenvalue weighted by molar-refractivity contribution is -0.137. The molecule has 0 saturated carbocycles. The summed E-state index contributed by atoms with van der Waals surface area (Å²) >= 11 is 1.19. The minimum absolute atomic E-state index is 0. The lowest BCUT2D eigenvalue weighted by atomic mass is 10.2. The molecule has 188 valence electrons. The first-order valence-corrected chi connectivity index (χ1v) is 13.7. The highest BCUT2D eigenvalue weighted by molar-refractivity contribution is 7.93. The highest BCUT2D eigenvalue weighted by atomic mass is 32.2. The molecular weight excluding hydrogens is 498 g/mol. The second-order valence-corrected chi connectivity index (χ2v) is 11.3. The van der Waals surface area contributed by atoms with Crippen LogP contribution in [0.4, 0.5) is 10.8 Å². The number of carbonyl (C=O) groups is 2. The van der Waals surface area contributed by atoms with Crippen molar-refractivity contribution in [3.05, 3.63) is 71.4 Å². The van der Waals surface area contributed by atoms with E-state index in [0.717, 1.165) is 22.2 Å². The first-order chi connectivity index (χ1) is 17.2. The summed E-state index contributed by atoms with van der Waals surface area (Å²) in [6, 6.07) is 14.3. The van der Waals surface area contributed by atoms with Crippen molar-refractivity contribution in [2.45, 2.75) is 25.3 Å². The van der Waals surface area contributed by atoms with Crippen LogP contribution in [0.5, 0.6) is 0 Å². The number of piperazine rings is 1. The van der Waals surface area contributed by atoms with Gasteiger partial charge in [-0.25, -0.2) is 13.4 Å². The average Bonchev–Trinajstić information content (AvgIpc) is 3.45. The fraction of sp³-hybridized carbons (Fsp3) is 0.240. The molecule has 1 fully saturated rings. The molecule has 0 aliphatic carbocycles. The monoisotopic (exact) mass is 525 g/mol. The van der Waals surface area contributed by atoms with Crippen LogP contribution in [0.25, 0.3) is 10.9 Å². The van der Waals surface area contributed by atoms with E-state index >= 15 is 0 Å². The van der Waals surface area contributed by atoms with Crippen molar-refractivity contribution in [3.63, 3.8) is 0 Å². The number of carbonyl (C=O) groups excluding carboxylic acids is 2. The zero-order valence-electron chi connectivity index (χ0n) is 19.8. The zero-order valence-corrected chi connectivity index (χ0v) is 21.5. The average molecular weight is 526 g/mol. The van der Waals surface area contributed by atoms with E-state index in [1.165, 1.54) is 29.7 Å². The molecule has 2 aromatic heterocycles. The normalized spacial score (nSPS) is 14.4. The van der Waals surface area contributed by atoms with E-state index in [2.05, 4.69) is 21.8 Å². The maximum atomic E-state index is 13.1. The molecule has 1 aliphatic heterocycles. The number of sulfonamides is 1. The van der Waals surface area contributed by atoms with Crippen LogP contribution in [0.3, 0.4) is 0 Å². The van der Waals surface area contributed by atoms with Crippen LogP contribution in [-0.2, 0) is 26.2 Å². The zero-order chi connectivity index (χ0) is 25.4. The Kier molecular flexibility index (Phi) is 6.27. The third-order valence-electron chi connectivity index (χ3n) is 6.24. The predicted molar refractivity (Wildman–Crippen MR) is 142 cm³/mol. The number of anilines is 2. The molecule has 1 N–H and O–H groups in total. The molecular formula is C25H27N5O4S2. The summed E-state index contributed by atoms with van der Waals surface area (Å²) in [6.45, 7) is 4.88. The number of amides is 2. The van der Waals surface area contributed by atoms with Crippen molar-refractivity contribution >= 4 is 54.9 Å². The van der Waals surface area contributed by atoms with Crippen LogP contribution < -0.4 is 9.62 Å². The SMILES string of the molecule is Cc1ccc2c(c1)cc(C)n2CC(=O)N1CCN(c2ccc(S(=O)(=O)Nc3nccs3)cc2)C(=O)C1.[HH]. The maximum absolute atomic E-state index is 13.1. The van der Waals surface area contributed by atoms with Gasteiger partial charge >= 0.3 is 0 Å². The topological polar surface area (TPSA) is 105 Å². The molecule has 5 rings (SSSR count). The Morgan fingerprint density at radius 2 is 1.89 bits per heavy atom. The number of aromatic nitrogens is 2. The largest absolute Gasteiger partial charge is 0.335 e. The van der Waals surface area contributed by atoms with Crippen molar-refractivity contribution in [2.24, 2.45) is 0 Å². The molecule has 0 unspecified atom stereocenters. The summed E-state index contributed by atoms with van der Waals surface area (Å²) in [4.78, 5) is 33.1. The van der Waals surface area contributed by atoms with E-state index in [-0.39, 0.29) is 36.4 Å². The van der Waals surface area contributed by atoms with E-state index in [4.69, 9.17) is 0 Å². The van der Waals surface area contributed by atoms with Crippen LogP contribution in [0.2, 0.25) is 0 Å². The Morgan fingerprint density at radius 1 is 1.11 bits per heavy atom. The molecule has 4 aromatic rings. The van der Waals surface area contributed by atoms with Gasteiger partial charge in [-0.3, -0.25) is 14.3 Å². The number of thiazole rings is 1. The molecule has 0 atom stereocenters. The second kappa shape index (κ2) is 9.40. The van der Waals surface area contributed by atoms with E-state index in [1.54, 1.807) is 27.3 Å². The van der Waals surface area contributed by atoms with Crippen LogP contribution in [0.1, 0.15) is 12.7 Å². The standard InChI is InChI=1S/C25H25N5O4S2.H2/c1-17-3-8-22-19(13-17)14-18(2)30(22)16-23(31)28-10-11-29(24(32)15-28)20-4-6-21(7-5-20)36(33,34)27-25-26-9-12-35-25;/h3-9,12-14H,10-11,15-16H2,1-2H3,(H,26,27);1H. The smallest absolute Gasteiger partial charge is 0.263 e. The van der Waals surface area contributed by atoms with Gasteiger partial charge < -0.3 is 14.4 Å². The third-order valence-corrected chi connectivity index (χ3v) is 8.42. The van der Waals surface area contributed by atoms with Gasteiger partial charge in [-0.05, 0) is 56.3 Å². The summed E-state index contributed by atoms with van der Waals surface area (Å²) in [5, 5.41) is 3.06. The lowest BCUT2D eigenvalue weighted by Gasteiger charge is -2.34. The number of hydrogen-bond acceptors (Lipinski definition) is 6. The number of aryl methyl sites for hydroxylation is 2. The maximum Gasteiger partial charge on any atom is 0.263 e. The van der Waals surface area contributed by atoms with Crippen LogP contribution >= 0.6 is 11.3 Å². The molecule has 1 saturated heterocycles. The Balaban J connectivity index is 0.00000320. The molecule has 0 bridgehead atoms. The Bertz CT molecular complexity index is 1550. The van der Waals surface area contributed by atoms with Gasteiger partial charge in [0, 0.05) is 48.4 Å². The fourth-order valence-electron chi connectivity index (χ4n) is 4.39. The van der Waals surface area contributed by atoms with Crippen molar-refractivity contribution in [1.29, 1.82) is 0 Å². The van der Waals surface area contributed by atoms with E-state index in [1.807, 2.05) is 30.5 Å². The molecule has 2 aromatic carbocycles. The minimum Gasteiger partial charge on any atom is -0.335 e. The second-order valence-electron chi connectivity index (χ2n) is 8.73. The van der Waals surface area contributed by atoms with E-state index in [0.29, 0.717) is 18.8 Å². The molecule has 0 radical (unpaired) electrons. The third kappa shape index (κ3) is 4.71. The van der Waals surface area contributed by atoms with Gasteiger partial charge in [0.2, 0.25) is 11.8 Å².